The summed E-state index contributed by atoms with van der Waals surface area (Å²) in [5.74, 6) is -0.252. The van der Waals surface area contributed by atoms with Crippen LogP contribution in [0.1, 0.15) is 19.3 Å². The average molecular weight is 295 g/mol. The lowest BCUT2D eigenvalue weighted by Crippen LogP contribution is -2.48. The summed E-state index contributed by atoms with van der Waals surface area (Å²) in [7, 11) is -2.44. The van der Waals surface area contributed by atoms with Gasteiger partial charge in [0.2, 0.25) is 0 Å². The van der Waals surface area contributed by atoms with Gasteiger partial charge in [0, 0.05) is 32.1 Å². The minimum Gasteiger partial charge on any atom is -0.748 e. The molecule has 0 aromatic rings. The maximum atomic E-state index is 10.6. The SMILES string of the molecule is COCCOCC[N+]1(CCCS(=O)(=O)[O-])CCCC1. The van der Waals surface area contributed by atoms with Crippen molar-refractivity contribution in [1.29, 1.82) is 0 Å². The van der Waals surface area contributed by atoms with E-state index in [-0.39, 0.29) is 5.75 Å². The first kappa shape index (κ1) is 16.8. The van der Waals surface area contributed by atoms with Crippen LogP contribution < -0.4 is 0 Å². The van der Waals surface area contributed by atoms with Gasteiger partial charge in [-0.3, -0.25) is 0 Å². The molecule has 0 amide bonds. The van der Waals surface area contributed by atoms with Crippen LogP contribution in [0.4, 0.5) is 0 Å². The van der Waals surface area contributed by atoms with Crippen LogP contribution in [0.3, 0.4) is 0 Å². The molecule has 0 unspecified atom stereocenters. The Balaban J connectivity index is 2.29. The Bertz CT molecular complexity index is 338. The van der Waals surface area contributed by atoms with Gasteiger partial charge in [-0.25, -0.2) is 8.42 Å². The molecule has 0 bridgehead atoms. The molecule has 0 aromatic carbocycles. The molecule has 7 heteroatoms. The van der Waals surface area contributed by atoms with E-state index in [0.29, 0.717) is 26.2 Å². The van der Waals surface area contributed by atoms with Crippen molar-refractivity contribution in [2.24, 2.45) is 0 Å². The molecule has 1 fully saturated rings. The topological polar surface area (TPSA) is 75.7 Å². The number of quaternary nitrogens is 1. The van der Waals surface area contributed by atoms with Gasteiger partial charge in [-0.1, -0.05) is 0 Å². The van der Waals surface area contributed by atoms with Crippen LogP contribution >= 0.6 is 0 Å². The predicted octanol–water partition coefficient (Wildman–Crippen LogP) is 0.195. The number of nitrogens with zero attached hydrogens (tertiary/aromatic N) is 1. The Hall–Kier alpha value is -0.210. The van der Waals surface area contributed by atoms with Crippen LogP contribution in [0.15, 0.2) is 0 Å². The number of rotatable bonds is 10. The molecule has 1 rings (SSSR count). The summed E-state index contributed by atoms with van der Waals surface area (Å²) in [4.78, 5) is 0. The van der Waals surface area contributed by atoms with Gasteiger partial charge in [0.25, 0.3) is 0 Å². The Morgan fingerprint density at radius 3 is 2.37 bits per heavy atom. The molecule has 0 aromatic heterocycles. The van der Waals surface area contributed by atoms with Crippen LogP contribution in [0.5, 0.6) is 0 Å². The van der Waals surface area contributed by atoms with E-state index in [1.807, 2.05) is 0 Å². The summed E-state index contributed by atoms with van der Waals surface area (Å²) >= 11 is 0. The molecule has 6 nitrogen and oxygen atoms in total. The van der Waals surface area contributed by atoms with Crippen molar-refractivity contribution in [3.63, 3.8) is 0 Å². The van der Waals surface area contributed by atoms with Gasteiger partial charge in [0.05, 0.1) is 49.6 Å². The Morgan fingerprint density at radius 1 is 1.11 bits per heavy atom. The molecule has 0 saturated carbocycles. The molecule has 0 radical (unpaired) electrons. The zero-order valence-corrected chi connectivity index (χ0v) is 12.5. The summed E-state index contributed by atoms with van der Waals surface area (Å²) in [6.07, 6.45) is 2.79. The zero-order chi connectivity index (χ0) is 14.2. The normalized spacial score (nSPS) is 18.8. The highest BCUT2D eigenvalue weighted by molar-refractivity contribution is 7.85. The molecular formula is C12H25NO5S. The fourth-order valence-corrected chi connectivity index (χ4v) is 3.13. The summed E-state index contributed by atoms with van der Waals surface area (Å²) in [6.45, 7) is 5.62. The van der Waals surface area contributed by atoms with E-state index in [2.05, 4.69) is 0 Å². The van der Waals surface area contributed by atoms with Crippen molar-refractivity contribution in [2.45, 2.75) is 19.3 Å². The summed E-state index contributed by atoms with van der Waals surface area (Å²) < 4.78 is 43.2. The largest absolute Gasteiger partial charge is 0.748 e. The number of hydrogen-bond donors (Lipinski definition) is 0. The third kappa shape index (κ3) is 7.22. The first-order chi connectivity index (χ1) is 8.97. The second-order valence-corrected chi connectivity index (χ2v) is 6.69. The molecule has 1 aliphatic heterocycles. The molecule has 0 N–H and O–H groups in total. The quantitative estimate of drug-likeness (QED) is 0.327. The van der Waals surface area contributed by atoms with Crippen molar-refractivity contribution >= 4 is 10.1 Å². The molecule has 1 heterocycles. The highest BCUT2D eigenvalue weighted by Gasteiger charge is 2.31. The molecule has 0 spiro atoms. The second kappa shape index (κ2) is 8.16. The van der Waals surface area contributed by atoms with Gasteiger partial charge in [0.15, 0.2) is 0 Å². The highest BCUT2D eigenvalue weighted by Crippen LogP contribution is 2.20. The van der Waals surface area contributed by atoms with Crippen molar-refractivity contribution in [3.8, 4) is 0 Å². The minimum absolute atomic E-state index is 0.252. The molecule has 0 atom stereocenters. The van der Waals surface area contributed by atoms with E-state index in [9.17, 15) is 13.0 Å². The third-order valence-corrected chi connectivity index (χ3v) is 4.47. The van der Waals surface area contributed by atoms with Gasteiger partial charge in [-0.2, -0.15) is 0 Å². The van der Waals surface area contributed by atoms with Crippen LogP contribution in [0.2, 0.25) is 0 Å². The van der Waals surface area contributed by atoms with Crippen LogP contribution in [0.25, 0.3) is 0 Å². The number of likely N-dealkylation sites (tertiary alicyclic amines) is 1. The van der Waals surface area contributed by atoms with E-state index in [1.165, 1.54) is 12.8 Å². The summed E-state index contributed by atoms with van der Waals surface area (Å²) in [6, 6.07) is 0. The maximum absolute atomic E-state index is 10.6. The Kier molecular flexibility index (Phi) is 7.23. The summed E-state index contributed by atoms with van der Waals surface area (Å²) in [5.41, 5.74) is 0. The van der Waals surface area contributed by atoms with Crippen LogP contribution in [-0.4, -0.2) is 76.3 Å². The number of ether oxygens (including phenoxy) is 2. The van der Waals surface area contributed by atoms with Crippen molar-refractivity contribution < 1.29 is 26.9 Å². The second-order valence-electron chi connectivity index (χ2n) is 5.16. The number of methoxy groups -OCH3 is 1. The lowest BCUT2D eigenvalue weighted by atomic mass is 10.3. The van der Waals surface area contributed by atoms with E-state index in [1.54, 1.807) is 7.11 Å². The van der Waals surface area contributed by atoms with Gasteiger partial charge >= 0.3 is 0 Å². The first-order valence-electron chi connectivity index (χ1n) is 6.83. The van der Waals surface area contributed by atoms with Gasteiger partial charge < -0.3 is 18.5 Å². The van der Waals surface area contributed by atoms with E-state index >= 15 is 0 Å². The minimum atomic E-state index is -4.08. The zero-order valence-electron chi connectivity index (χ0n) is 11.7. The van der Waals surface area contributed by atoms with Gasteiger partial charge in [-0.05, 0) is 0 Å². The van der Waals surface area contributed by atoms with Gasteiger partial charge in [-0.15, -0.1) is 0 Å². The highest BCUT2D eigenvalue weighted by atomic mass is 32.2. The van der Waals surface area contributed by atoms with Crippen molar-refractivity contribution in [1.82, 2.24) is 0 Å². The van der Waals surface area contributed by atoms with E-state index in [0.717, 1.165) is 30.7 Å². The van der Waals surface area contributed by atoms with E-state index in [4.69, 9.17) is 9.47 Å². The first-order valence-corrected chi connectivity index (χ1v) is 8.41. The van der Waals surface area contributed by atoms with Crippen LogP contribution in [0, 0.1) is 0 Å². The molecular weight excluding hydrogens is 270 g/mol. The molecule has 1 saturated heterocycles. The fourth-order valence-electron chi connectivity index (χ4n) is 2.64. The fraction of sp³-hybridized carbons (Fsp3) is 1.00. The smallest absolute Gasteiger partial charge is 0.102 e. The predicted molar refractivity (Wildman–Crippen MR) is 70.8 cm³/mol. The standard InChI is InChI=1S/C12H25NO5S/c1-17-10-11-18-9-8-13(5-2-3-6-13)7-4-12-19(14,15)16/h2-12H2,1H3. The van der Waals surface area contributed by atoms with Crippen LogP contribution in [-0.2, 0) is 19.6 Å². The van der Waals surface area contributed by atoms with Crippen molar-refractivity contribution in [2.75, 3.05) is 58.9 Å². The maximum Gasteiger partial charge on any atom is 0.102 e. The molecule has 1 aliphatic rings. The third-order valence-electron chi connectivity index (χ3n) is 3.68. The monoisotopic (exact) mass is 295 g/mol. The Morgan fingerprint density at radius 2 is 1.79 bits per heavy atom. The van der Waals surface area contributed by atoms with Gasteiger partial charge in [0.1, 0.15) is 6.54 Å². The van der Waals surface area contributed by atoms with E-state index < -0.39 is 10.1 Å². The molecule has 19 heavy (non-hydrogen) atoms. The number of hydrogen-bond acceptors (Lipinski definition) is 5. The molecule has 0 aliphatic carbocycles. The van der Waals surface area contributed by atoms with Crippen molar-refractivity contribution in [3.05, 3.63) is 0 Å². The summed E-state index contributed by atoms with van der Waals surface area (Å²) in [5, 5.41) is 0. The lowest BCUT2D eigenvalue weighted by Gasteiger charge is -2.34. The lowest BCUT2D eigenvalue weighted by molar-refractivity contribution is -0.917. The molecule has 114 valence electrons. The average Bonchev–Trinajstić information content (AvgIpc) is 2.76. The Labute approximate surface area is 116 Å².